The van der Waals surface area contributed by atoms with Crippen molar-refractivity contribution < 1.29 is 0 Å². The van der Waals surface area contributed by atoms with Gasteiger partial charge in [-0.3, -0.25) is 0 Å². The summed E-state index contributed by atoms with van der Waals surface area (Å²) >= 11 is 12.2. The van der Waals surface area contributed by atoms with Crippen LogP contribution in [0.2, 0.25) is 10.0 Å². The standard InChI is InChI=1S/C12H14Cl2N2/c13-10-2-1-3-11(12(10)14)16-6-4-9(8-15)5-7-16/h1-4H,5-8,15H2. The maximum atomic E-state index is 6.18. The molecule has 0 atom stereocenters. The van der Waals surface area contributed by atoms with E-state index in [-0.39, 0.29) is 0 Å². The summed E-state index contributed by atoms with van der Waals surface area (Å²) in [6.45, 7) is 2.45. The van der Waals surface area contributed by atoms with Crippen LogP contribution < -0.4 is 10.6 Å². The molecule has 0 amide bonds. The van der Waals surface area contributed by atoms with Gasteiger partial charge in [0.2, 0.25) is 0 Å². The fraction of sp³-hybridized carbons (Fsp3) is 0.333. The molecule has 4 heteroatoms. The first-order chi connectivity index (χ1) is 7.72. The number of halogens is 2. The third-order valence-electron chi connectivity index (χ3n) is 2.84. The van der Waals surface area contributed by atoms with Gasteiger partial charge >= 0.3 is 0 Å². The molecule has 0 saturated heterocycles. The van der Waals surface area contributed by atoms with E-state index in [0.29, 0.717) is 16.6 Å². The molecular formula is C12H14Cl2N2. The molecular weight excluding hydrogens is 243 g/mol. The van der Waals surface area contributed by atoms with E-state index in [1.165, 1.54) is 5.57 Å². The minimum Gasteiger partial charge on any atom is -0.366 e. The highest BCUT2D eigenvalue weighted by Crippen LogP contribution is 2.33. The molecule has 2 rings (SSSR count). The van der Waals surface area contributed by atoms with Crippen LogP contribution >= 0.6 is 23.2 Å². The number of nitrogens with two attached hydrogens (primary N) is 1. The van der Waals surface area contributed by atoms with Gasteiger partial charge in [-0.25, -0.2) is 0 Å². The number of anilines is 1. The average molecular weight is 257 g/mol. The van der Waals surface area contributed by atoms with Gasteiger partial charge in [-0.15, -0.1) is 0 Å². The molecule has 16 heavy (non-hydrogen) atoms. The summed E-state index contributed by atoms with van der Waals surface area (Å²) in [5.41, 5.74) is 7.92. The smallest absolute Gasteiger partial charge is 0.0825 e. The molecule has 2 nitrogen and oxygen atoms in total. The lowest BCUT2D eigenvalue weighted by atomic mass is 10.1. The van der Waals surface area contributed by atoms with Gasteiger partial charge in [0.1, 0.15) is 0 Å². The van der Waals surface area contributed by atoms with Gasteiger partial charge in [-0.05, 0) is 18.6 Å². The van der Waals surface area contributed by atoms with Crippen molar-refractivity contribution >= 4 is 28.9 Å². The van der Waals surface area contributed by atoms with Crippen LogP contribution in [0.1, 0.15) is 6.42 Å². The Balaban J connectivity index is 2.21. The van der Waals surface area contributed by atoms with Crippen molar-refractivity contribution in [1.29, 1.82) is 0 Å². The Morgan fingerprint density at radius 1 is 1.31 bits per heavy atom. The first kappa shape index (κ1) is 11.8. The van der Waals surface area contributed by atoms with E-state index >= 15 is 0 Å². The zero-order valence-electron chi connectivity index (χ0n) is 8.92. The minimum absolute atomic E-state index is 0.604. The third-order valence-corrected chi connectivity index (χ3v) is 3.65. The highest BCUT2D eigenvalue weighted by molar-refractivity contribution is 6.43. The number of benzene rings is 1. The van der Waals surface area contributed by atoms with Crippen LogP contribution in [0, 0.1) is 0 Å². The van der Waals surface area contributed by atoms with E-state index in [2.05, 4.69) is 11.0 Å². The first-order valence-corrected chi connectivity index (χ1v) is 6.05. The molecule has 0 aliphatic carbocycles. The van der Waals surface area contributed by atoms with Crippen molar-refractivity contribution in [3.63, 3.8) is 0 Å². The minimum atomic E-state index is 0.604. The monoisotopic (exact) mass is 256 g/mol. The SMILES string of the molecule is NCC1=CCN(c2cccc(Cl)c2Cl)CC1. The molecule has 0 unspecified atom stereocenters. The van der Waals surface area contributed by atoms with Gasteiger partial charge in [0.25, 0.3) is 0 Å². The molecule has 0 bridgehead atoms. The Morgan fingerprint density at radius 3 is 2.75 bits per heavy atom. The van der Waals surface area contributed by atoms with Crippen molar-refractivity contribution in [2.24, 2.45) is 5.73 Å². The Bertz CT molecular complexity index is 415. The molecule has 1 heterocycles. The number of hydrogen-bond donors (Lipinski definition) is 1. The van der Waals surface area contributed by atoms with E-state index in [0.717, 1.165) is 25.2 Å². The highest BCUT2D eigenvalue weighted by Gasteiger charge is 2.15. The third kappa shape index (κ3) is 2.34. The number of rotatable bonds is 2. The zero-order valence-corrected chi connectivity index (χ0v) is 10.4. The lowest BCUT2D eigenvalue weighted by molar-refractivity contribution is 0.773. The normalized spacial score (nSPS) is 16.2. The summed E-state index contributed by atoms with van der Waals surface area (Å²) in [7, 11) is 0. The average Bonchev–Trinajstić information content (AvgIpc) is 2.33. The van der Waals surface area contributed by atoms with Crippen LogP contribution in [0.3, 0.4) is 0 Å². The molecule has 1 aliphatic heterocycles. The Hall–Kier alpha value is -0.700. The molecule has 0 saturated carbocycles. The Morgan fingerprint density at radius 2 is 2.12 bits per heavy atom. The molecule has 1 aromatic carbocycles. The Labute approximate surface area is 106 Å². The second-order valence-corrected chi connectivity index (χ2v) is 4.62. The predicted octanol–water partition coefficient (Wildman–Crippen LogP) is 3.09. The summed E-state index contributed by atoms with van der Waals surface area (Å²) in [5.74, 6) is 0. The lowest BCUT2D eigenvalue weighted by Crippen LogP contribution is -2.30. The van der Waals surface area contributed by atoms with Gasteiger partial charge < -0.3 is 10.6 Å². The molecule has 0 spiro atoms. The predicted molar refractivity (Wildman–Crippen MR) is 70.4 cm³/mol. The van der Waals surface area contributed by atoms with Gasteiger partial charge in [-0.2, -0.15) is 0 Å². The lowest BCUT2D eigenvalue weighted by Gasteiger charge is -2.29. The maximum Gasteiger partial charge on any atom is 0.0825 e. The second-order valence-electron chi connectivity index (χ2n) is 3.84. The van der Waals surface area contributed by atoms with Gasteiger partial charge in [0.15, 0.2) is 0 Å². The van der Waals surface area contributed by atoms with Crippen molar-refractivity contribution in [2.45, 2.75) is 6.42 Å². The second kappa shape index (κ2) is 5.09. The van der Waals surface area contributed by atoms with Gasteiger partial charge in [-0.1, -0.05) is 40.9 Å². The molecule has 2 N–H and O–H groups in total. The summed E-state index contributed by atoms with van der Waals surface area (Å²) < 4.78 is 0. The van der Waals surface area contributed by atoms with Crippen LogP contribution in [0.15, 0.2) is 29.8 Å². The van der Waals surface area contributed by atoms with E-state index < -0.39 is 0 Å². The zero-order chi connectivity index (χ0) is 11.5. The molecule has 1 aromatic rings. The van der Waals surface area contributed by atoms with Crippen LogP contribution in [0.4, 0.5) is 5.69 Å². The number of hydrogen-bond acceptors (Lipinski definition) is 2. The number of nitrogens with zero attached hydrogens (tertiary/aromatic N) is 1. The van der Waals surface area contributed by atoms with Crippen LogP contribution in [-0.4, -0.2) is 19.6 Å². The Kier molecular flexibility index (Phi) is 3.74. The van der Waals surface area contributed by atoms with Crippen LogP contribution in [-0.2, 0) is 0 Å². The van der Waals surface area contributed by atoms with Gasteiger partial charge in [0, 0.05) is 19.6 Å². The van der Waals surface area contributed by atoms with Gasteiger partial charge in [0.05, 0.1) is 15.7 Å². The maximum absolute atomic E-state index is 6.18. The van der Waals surface area contributed by atoms with E-state index in [9.17, 15) is 0 Å². The van der Waals surface area contributed by atoms with Crippen molar-refractivity contribution in [3.05, 3.63) is 39.9 Å². The first-order valence-electron chi connectivity index (χ1n) is 5.29. The van der Waals surface area contributed by atoms with E-state index in [4.69, 9.17) is 28.9 Å². The summed E-state index contributed by atoms with van der Waals surface area (Å²) in [6, 6.07) is 5.72. The van der Waals surface area contributed by atoms with E-state index in [1.807, 2.05) is 12.1 Å². The molecule has 1 aliphatic rings. The summed E-state index contributed by atoms with van der Waals surface area (Å²) in [5, 5.41) is 1.24. The van der Waals surface area contributed by atoms with Crippen LogP contribution in [0.25, 0.3) is 0 Å². The quantitative estimate of drug-likeness (QED) is 0.825. The fourth-order valence-electron chi connectivity index (χ4n) is 1.85. The molecule has 0 radical (unpaired) electrons. The van der Waals surface area contributed by atoms with Crippen molar-refractivity contribution in [3.8, 4) is 0 Å². The molecule has 0 aromatic heterocycles. The molecule has 0 fully saturated rings. The molecule has 86 valence electrons. The summed E-state index contributed by atoms with van der Waals surface area (Å²) in [6.07, 6.45) is 3.17. The topological polar surface area (TPSA) is 29.3 Å². The fourth-order valence-corrected chi connectivity index (χ4v) is 2.27. The highest BCUT2D eigenvalue weighted by atomic mass is 35.5. The largest absolute Gasteiger partial charge is 0.366 e. The summed E-state index contributed by atoms with van der Waals surface area (Å²) in [4.78, 5) is 2.22. The van der Waals surface area contributed by atoms with E-state index in [1.54, 1.807) is 6.07 Å². The van der Waals surface area contributed by atoms with Crippen LogP contribution in [0.5, 0.6) is 0 Å². The van der Waals surface area contributed by atoms with Crippen molar-refractivity contribution in [2.75, 3.05) is 24.5 Å². The van der Waals surface area contributed by atoms with Crippen molar-refractivity contribution in [1.82, 2.24) is 0 Å².